The Morgan fingerprint density at radius 3 is 2.57 bits per heavy atom. The lowest BCUT2D eigenvalue weighted by Gasteiger charge is -2.31. The molecule has 114 valence electrons. The van der Waals surface area contributed by atoms with E-state index in [0.717, 1.165) is 4.88 Å². The highest BCUT2D eigenvalue weighted by Crippen LogP contribution is 2.35. The number of carbonyl (C=O) groups excluding carboxylic acids is 2. The molecular formula is C13H16N2O5S. The molecule has 1 amide bonds. The average Bonchev–Trinajstić information content (AvgIpc) is 2.66. The number of esters is 1. The Hall–Kier alpha value is -1.96. The Labute approximate surface area is 125 Å². The van der Waals surface area contributed by atoms with Gasteiger partial charge >= 0.3 is 11.9 Å². The summed E-state index contributed by atoms with van der Waals surface area (Å²) < 4.78 is 4.58. The minimum atomic E-state index is -0.942. The van der Waals surface area contributed by atoms with Crippen LogP contribution >= 0.6 is 11.3 Å². The first kappa shape index (κ1) is 15.4. The number of aliphatic carboxylic acids is 1. The fourth-order valence-corrected chi connectivity index (χ4v) is 2.99. The van der Waals surface area contributed by atoms with Crippen LogP contribution in [0.15, 0.2) is 0 Å². The number of hydrogen-bond donors (Lipinski definition) is 2. The summed E-state index contributed by atoms with van der Waals surface area (Å²) in [5.74, 6) is -2.78. The third kappa shape index (κ3) is 3.38. The van der Waals surface area contributed by atoms with Gasteiger partial charge in [0.2, 0.25) is 5.91 Å². The van der Waals surface area contributed by atoms with Crippen LogP contribution in [0, 0.1) is 18.8 Å². The molecule has 2 atom stereocenters. The second-order valence-electron chi connectivity index (χ2n) is 4.89. The molecule has 0 aromatic carbocycles. The normalized spacial score (nSPS) is 20.5. The van der Waals surface area contributed by atoms with Crippen molar-refractivity contribution in [3.05, 3.63) is 10.6 Å². The molecule has 8 heteroatoms. The van der Waals surface area contributed by atoms with Crippen LogP contribution in [-0.2, 0) is 25.5 Å². The highest BCUT2D eigenvalue weighted by Gasteiger charge is 2.41. The molecule has 1 aliphatic rings. The van der Waals surface area contributed by atoms with Crippen molar-refractivity contribution >= 4 is 34.3 Å². The van der Waals surface area contributed by atoms with Crippen molar-refractivity contribution in [1.82, 2.24) is 4.98 Å². The van der Waals surface area contributed by atoms with Gasteiger partial charge in [-0.15, -0.1) is 11.3 Å². The topological polar surface area (TPSA) is 106 Å². The highest BCUT2D eigenvalue weighted by atomic mass is 32.1. The number of carboxylic acid groups (broad SMARTS) is 1. The van der Waals surface area contributed by atoms with Crippen molar-refractivity contribution in [2.24, 2.45) is 11.8 Å². The summed E-state index contributed by atoms with van der Waals surface area (Å²) in [5.41, 5.74) is 0.561. The molecule has 2 N–H and O–H groups in total. The van der Waals surface area contributed by atoms with Gasteiger partial charge in [0.05, 0.1) is 31.1 Å². The van der Waals surface area contributed by atoms with Crippen LogP contribution in [0.2, 0.25) is 0 Å². The number of nitrogens with one attached hydrogen (secondary N) is 1. The first-order chi connectivity index (χ1) is 9.92. The molecule has 1 aliphatic carbocycles. The minimum Gasteiger partial charge on any atom is -0.481 e. The Morgan fingerprint density at radius 2 is 2.05 bits per heavy atom. The van der Waals surface area contributed by atoms with E-state index in [1.165, 1.54) is 18.4 Å². The number of methoxy groups -OCH3 is 1. The van der Waals surface area contributed by atoms with E-state index in [4.69, 9.17) is 5.11 Å². The van der Waals surface area contributed by atoms with Crippen molar-refractivity contribution in [3.8, 4) is 0 Å². The number of anilines is 1. The SMILES string of the molecule is COC(=O)Cc1nc(NC(=O)C2CCC2C(=O)O)sc1C. The van der Waals surface area contributed by atoms with Gasteiger partial charge in [0.1, 0.15) is 0 Å². The average molecular weight is 312 g/mol. The summed E-state index contributed by atoms with van der Waals surface area (Å²) in [5, 5.41) is 12.0. The smallest absolute Gasteiger partial charge is 0.311 e. The number of ether oxygens (including phenoxy) is 1. The van der Waals surface area contributed by atoms with Gasteiger partial charge in [0, 0.05) is 4.88 Å². The van der Waals surface area contributed by atoms with Crippen molar-refractivity contribution in [1.29, 1.82) is 0 Å². The van der Waals surface area contributed by atoms with Gasteiger partial charge < -0.3 is 15.2 Å². The molecule has 1 aromatic heterocycles. The summed E-state index contributed by atoms with van der Waals surface area (Å²) in [6.07, 6.45) is 1.15. The van der Waals surface area contributed by atoms with Crippen LogP contribution < -0.4 is 5.32 Å². The van der Waals surface area contributed by atoms with E-state index in [9.17, 15) is 14.4 Å². The zero-order valence-corrected chi connectivity index (χ0v) is 12.5. The Bertz CT molecular complexity index is 583. The third-order valence-electron chi connectivity index (χ3n) is 3.59. The zero-order chi connectivity index (χ0) is 15.6. The van der Waals surface area contributed by atoms with Crippen LogP contribution in [0.4, 0.5) is 5.13 Å². The maximum atomic E-state index is 12.0. The Morgan fingerprint density at radius 1 is 1.38 bits per heavy atom. The molecule has 1 saturated carbocycles. The number of carbonyl (C=O) groups is 3. The van der Waals surface area contributed by atoms with Crippen molar-refractivity contribution in [3.63, 3.8) is 0 Å². The monoisotopic (exact) mass is 312 g/mol. The van der Waals surface area contributed by atoms with Crippen molar-refractivity contribution in [2.75, 3.05) is 12.4 Å². The van der Waals surface area contributed by atoms with E-state index in [2.05, 4.69) is 15.0 Å². The number of rotatable bonds is 5. The summed E-state index contributed by atoms with van der Waals surface area (Å²) >= 11 is 1.26. The molecule has 1 heterocycles. The maximum absolute atomic E-state index is 12.0. The second kappa shape index (κ2) is 6.21. The summed E-state index contributed by atoms with van der Waals surface area (Å²) in [6, 6.07) is 0. The van der Waals surface area contributed by atoms with E-state index in [0.29, 0.717) is 23.7 Å². The molecule has 2 unspecified atom stereocenters. The van der Waals surface area contributed by atoms with Crippen LogP contribution in [0.3, 0.4) is 0 Å². The molecule has 0 aliphatic heterocycles. The van der Waals surface area contributed by atoms with Crippen LogP contribution in [0.5, 0.6) is 0 Å². The molecule has 0 bridgehead atoms. The lowest BCUT2D eigenvalue weighted by atomic mass is 9.73. The number of amides is 1. The fraction of sp³-hybridized carbons (Fsp3) is 0.538. The van der Waals surface area contributed by atoms with E-state index in [1.807, 2.05) is 0 Å². The minimum absolute atomic E-state index is 0.0515. The van der Waals surface area contributed by atoms with E-state index < -0.39 is 23.8 Å². The summed E-state index contributed by atoms with van der Waals surface area (Å²) in [6.45, 7) is 1.80. The number of aryl methyl sites for hydroxylation is 1. The second-order valence-corrected chi connectivity index (χ2v) is 6.10. The van der Waals surface area contributed by atoms with Gasteiger partial charge in [-0.25, -0.2) is 4.98 Å². The van der Waals surface area contributed by atoms with E-state index >= 15 is 0 Å². The van der Waals surface area contributed by atoms with Crippen molar-refractivity contribution in [2.45, 2.75) is 26.2 Å². The zero-order valence-electron chi connectivity index (χ0n) is 11.7. The van der Waals surface area contributed by atoms with Gasteiger partial charge in [-0.1, -0.05) is 0 Å². The molecule has 0 radical (unpaired) electrons. The predicted octanol–water partition coefficient (Wildman–Crippen LogP) is 1.22. The Kier molecular flexibility index (Phi) is 4.56. The highest BCUT2D eigenvalue weighted by molar-refractivity contribution is 7.15. The molecule has 0 spiro atoms. The standard InChI is InChI=1S/C13H16N2O5S/c1-6-9(5-10(16)20-2)14-13(21-6)15-11(17)7-3-4-8(7)12(18)19/h7-8H,3-5H2,1-2H3,(H,18,19)(H,14,15,17). The molecule has 0 saturated heterocycles. The van der Waals surface area contributed by atoms with Crippen LogP contribution in [0.1, 0.15) is 23.4 Å². The molecule has 21 heavy (non-hydrogen) atoms. The quantitative estimate of drug-likeness (QED) is 0.792. The molecule has 1 fully saturated rings. The number of thiazole rings is 1. The van der Waals surface area contributed by atoms with Gasteiger partial charge in [0.25, 0.3) is 0 Å². The number of nitrogens with zero attached hydrogens (tertiary/aromatic N) is 1. The van der Waals surface area contributed by atoms with Gasteiger partial charge in [-0.05, 0) is 19.8 Å². The lowest BCUT2D eigenvalue weighted by Crippen LogP contribution is -2.41. The van der Waals surface area contributed by atoms with Crippen LogP contribution in [-0.4, -0.2) is 35.0 Å². The molecule has 7 nitrogen and oxygen atoms in total. The summed E-state index contributed by atoms with van der Waals surface area (Å²) in [4.78, 5) is 39.2. The van der Waals surface area contributed by atoms with Gasteiger partial charge in [-0.2, -0.15) is 0 Å². The predicted molar refractivity (Wildman–Crippen MR) is 75.1 cm³/mol. The first-order valence-corrected chi connectivity index (χ1v) is 7.30. The molecule has 2 rings (SSSR count). The fourth-order valence-electron chi connectivity index (χ4n) is 2.16. The molecular weight excluding hydrogens is 296 g/mol. The first-order valence-electron chi connectivity index (χ1n) is 6.49. The maximum Gasteiger partial charge on any atom is 0.311 e. The molecule has 1 aromatic rings. The van der Waals surface area contributed by atoms with E-state index in [-0.39, 0.29) is 12.3 Å². The lowest BCUT2D eigenvalue weighted by molar-refractivity contribution is -0.151. The third-order valence-corrected chi connectivity index (χ3v) is 4.52. The van der Waals surface area contributed by atoms with Gasteiger partial charge in [0.15, 0.2) is 5.13 Å². The largest absolute Gasteiger partial charge is 0.481 e. The number of carboxylic acids is 1. The summed E-state index contributed by atoms with van der Waals surface area (Å²) in [7, 11) is 1.30. The number of aromatic nitrogens is 1. The van der Waals surface area contributed by atoms with Crippen molar-refractivity contribution < 1.29 is 24.2 Å². The van der Waals surface area contributed by atoms with Gasteiger partial charge in [-0.3, -0.25) is 14.4 Å². The van der Waals surface area contributed by atoms with E-state index in [1.54, 1.807) is 6.92 Å². The number of hydrogen-bond acceptors (Lipinski definition) is 6. The Balaban J connectivity index is 2.00. The van der Waals surface area contributed by atoms with Crippen LogP contribution in [0.25, 0.3) is 0 Å².